The molecule has 0 aliphatic rings. The normalized spacial score (nSPS) is 11.8. The fourth-order valence-electron chi connectivity index (χ4n) is 2.56. The Labute approximate surface area is 135 Å². The smallest absolute Gasteiger partial charge is 0.339 e. The Hall–Kier alpha value is -2.46. The molecule has 0 spiro atoms. The highest BCUT2D eigenvalue weighted by Gasteiger charge is 2.21. The molecule has 3 aromatic rings. The number of fused-ring (bicyclic) bond motifs is 2. The number of esters is 1. The van der Waals surface area contributed by atoms with Gasteiger partial charge in [-0.1, -0.05) is 18.2 Å². The van der Waals surface area contributed by atoms with E-state index in [0.717, 1.165) is 27.4 Å². The van der Waals surface area contributed by atoms with Gasteiger partial charge in [0, 0.05) is 17.3 Å². The average molecular weight is 308 g/mol. The van der Waals surface area contributed by atoms with Crippen LogP contribution in [0.25, 0.3) is 21.8 Å². The Kier molecular flexibility index (Phi) is 3.78. The maximum atomic E-state index is 12.6. The lowest BCUT2D eigenvalue weighted by Crippen LogP contribution is -2.24. The number of hydrogen-bond donors (Lipinski definition) is 1. The predicted molar refractivity (Wildman–Crippen MR) is 92.3 cm³/mol. The third-order valence-corrected chi connectivity index (χ3v) is 3.55. The van der Waals surface area contributed by atoms with Gasteiger partial charge in [-0.05, 0) is 50.6 Å². The lowest BCUT2D eigenvalue weighted by Gasteiger charge is -2.20. The van der Waals surface area contributed by atoms with Crippen LogP contribution in [0.2, 0.25) is 0 Å². The zero-order chi connectivity index (χ0) is 16.6. The second-order valence-corrected chi connectivity index (χ2v) is 6.60. The molecule has 0 saturated heterocycles. The Morgan fingerprint density at radius 3 is 2.57 bits per heavy atom. The zero-order valence-corrected chi connectivity index (χ0v) is 13.6. The molecule has 0 fully saturated rings. The first-order valence-corrected chi connectivity index (χ1v) is 7.63. The number of nitrogens with zero attached hydrogens (tertiary/aromatic N) is 1. The summed E-state index contributed by atoms with van der Waals surface area (Å²) in [5.74, 6) is -0.352. The predicted octanol–water partition coefficient (Wildman–Crippen LogP) is 3.80. The van der Waals surface area contributed by atoms with Gasteiger partial charge in [0.1, 0.15) is 5.60 Å². The van der Waals surface area contributed by atoms with Crippen molar-refractivity contribution in [1.29, 1.82) is 0 Å². The van der Waals surface area contributed by atoms with E-state index >= 15 is 0 Å². The number of carbonyl (C=O) groups is 1. The maximum Gasteiger partial charge on any atom is 0.339 e. The van der Waals surface area contributed by atoms with Crippen molar-refractivity contribution in [2.75, 3.05) is 0 Å². The molecule has 0 amide bonds. The van der Waals surface area contributed by atoms with Gasteiger partial charge >= 0.3 is 5.97 Å². The Bertz CT molecular complexity index is 895. The van der Waals surface area contributed by atoms with Gasteiger partial charge in [0.05, 0.1) is 16.6 Å². The van der Waals surface area contributed by atoms with E-state index in [1.54, 1.807) is 6.07 Å². The highest BCUT2D eigenvalue weighted by Crippen LogP contribution is 2.26. The third-order valence-electron chi connectivity index (χ3n) is 3.55. The van der Waals surface area contributed by atoms with Crippen LogP contribution < -0.4 is 5.73 Å². The number of nitrogens with two attached hydrogens (primary N) is 1. The molecule has 0 aliphatic heterocycles. The second-order valence-electron chi connectivity index (χ2n) is 6.60. The molecular weight excluding hydrogens is 288 g/mol. The molecule has 0 saturated carbocycles. The SMILES string of the molecule is CC(C)(C)OC(=O)c1cc(CN)cc2nc3ccccc3cc12. The van der Waals surface area contributed by atoms with Gasteiger partial charge < -0.3 is 10.5 Å². The van der Waals surface area contributed by atoms with Crippen molar-refractivity contribution in [1.82, 2.24) is 4.98 Å². The molecule has 0 unspecified atom stereocenters. The van der Waals surface area contributed by atoms with Crippen LogP contribution in [-0.2, 0) is 11.3 Å². The number of rotatable bonds is 2. The van der Waals surface area contributed by atoms with E-state index in [0.29, 0.717) is 12.1 Å². The molecule has 4 heteroatoms. The van der Waals surface area contributed by atoms with E-state index in [1.807, 2.05) is 57.2 Å². The first-order valence-electron chi connectivity index (χ1n) is 7.63. The van der Waals surface area contributed by atoms with Crippen LogP contribution >= 0.6 is 0 Å². The summed E-state index contributed by atoms with van der Waals surface area (Å²) in [7, 11) is 0. The van der Waals surface area contributed by atoms with Crippen LogP contribution in [0.4, 0.5) is 0 Å². The van der Waals surface area contributed by atoms with Gasteiger partial charge in [-0.25, -0.2) is 9.78 Å². The van der Waals surface area contributed by atoms with Gasteiger partial charge in [-0.3, -0.25) is 0 Å². The molecule has 23 heavy (non-hydrogen) atoms. The fourth-order valence-corrected chi connectivity index (χ4v) is 2.56. The van der Waals surface area contributed by atoms with Crippen LogP contribution in [0.5, 0.6) is 0 Å². The summed E-state index contributed by atoms with van der Waals surface area (Å²) in [5.41, 5.74) is 8.24. The van der Waals surface area contributed by atoms with Gasteiger partial charge in [0.2, 0.25) is 0 Å². The minimum atomic E-state index is -0.549. The first-order chi connectivity index (χ1) is 10.9. The van der Waals surface area contributed by atoms with Crippen molar-refractivity contribution in [2.24, 2.45) is 5.73 Å². The number of aromatic nitrogens is 1. The third kappa shape index (κ3) is 3.17. The summed E-state index contributed by atoms with van der Waals surface area (Å²) < 4.78 is 5.54. The number of carbonyl (C=O) groups excluding carboxylic acids is 1. The Balaban J connectivity index is 2.25. The highest BCUT2D eigenvalue weighted by molar-refractivity contribution is 6.07. The Morgan fingerprint density at radius 1 is 1.13 bits per heavy atom. The molecular formula is C19H20N2O2. The minimum absolute atomic E-state index is 0.347. The quantitative estimate of drug-likeness (QED) is 0.577. The first kappa shape index (κ1) is 15.4. The van der Waals surface area contributed by atoms with E-state index in [4.69, 9.17) is 10.5 Å². The summed E-state index contributed by atoms with van der Waals surface area (Å²) in [6, 6.07) is 13.5. The highest BCUT2D eigenvalue weighted by atomic mass is 16.6. The van der Waals surface area contributed by atoms with Crippen molar-refractivity contribution in [3.63, 3.8) is 0 Å². The number of pyridine rings is 1. The average Bonchev–Trinajstić information content (AvgIpc) is 2.50. The summed E-state index contributed by atoms with van der Waals surface area (Å²) in [6.07, 6.45) is 0. The topological polar surface area (TPSA) is 65.2 Å². The monoisotopic (exact) mass is 308 g/mol. The fraction of sp³-hybridized carbons (Fsp3) is 0.263. The zero-order valence-electron chi connectivity index (χ0n) is 13.6. The summed E-state index contributed by atoms with van der Waals surface area (Å²) >= 11 is 0. The Morgan fingerprint density at radius 2 is 1.87 bits per heavy atom. The van der Waals surface area contributed by atoms with Gasteiger partial charge in [-0.2, -0.15) is 0 Å². The van der Waals surface area contributed by atoms with E-state index in [9.17, 15) is 4.79 Å². The second kappa shape index (κ2) is 5.63. The molecule has 2 N–H and O–H groups in total. The van der Waals surface area contributed by atoms with Gasteiger partial charge in [0.15, 0.2) is 0 Å². The molecule has 0 bridgehead atoms. The van der Waals surface area contributed by atoms with Crippen molar-refractivity contribution < 1.29 is 9.53 Å². The molecule has 0 atom stereocenters. The van der Waals surface area contributed by atoms with Crippen LogP contribution in [0, 0.1) is 0 Å². The molecule has 1 aromatic heterocycles. The van der Waals surface area contributed by atoms with E-state index in [1.165, 1.54) is 0 Å². The van der Waals surface area contributed by atoms with Crippen molar-refractivity contribution in [3.8, 4) is 0 Å². The molecule has 0 radical (unpaired) electrons. The molecule has 3 rings (SSSR count). The molecule has 1 heterocycles. The largest absolute Gasteiger partial charge is 0.456 e. The molecule has 4 nitrogen and oxygen atoms in total. The van der Waals surface area contributed by atoms with Crippen LogP contribution in [0.3, 0.4) is 0 Å². The summed E-state index contributed by atoms with van der Waals surface area (Å²) in [6.45, 7) is 5.91. The van der Waals surface area contributed by atoms with Gasteiger partial charge in [-0.15, -0.1) is 0 Å². The lowest BCUT2D eigenvalue weighted by molar-refractivity contribution is 0.00717. The van der Waals surface area contributed by atoms with E-state index < -0.39 is 5.60 Å². The standard InChI is InChI=1S/C19H20N2O2/c1-19(2,3)23-18(22)15-8-12(11-20)9-17-14(15)10-13-6-4-5-7-16(13)21-17/h4-10H,11,20H2,1-3H3. The summed E-state index contributed by atoms with van der Waals surface area (Å²) in [4.78, 5) is 17.3. The molecule has 0 aliphatic carbocycles. The van der Waals surface area contributed by atoms with Crippen LogP contribution in [0.15, 0.2) is 42.5 Å². The maximum absolute atomic E-state index is 12.6. The van der Waals surface area contributed by atoms with Crippen molar-refractivity contribution >= 4 is 27.8 Å². The van der Waals surface area contributed by atoms with E-state index in [2.05, 4.69) is 4.98 Å². The lowest BCUT2D eigenvalue weighted by atomic mass is 10.0. The van der Waals surface area contributed by atoms with Crippen molar-refractivity contribution in [2.45, 2.75) is 32.9 Å². The molecule has 118 valence electrons. The van der Waals surface area contributed by atoms with Crippen LogP contribution in [-0.4, -0.2) is 16.6 Å². The van der Waals surface area contributed by atoms with Crippen molar-refractivity contribution in [3.05, 3.63) is 53.6 Å². The van der Waals surface area contributed by atoms with E-state index in [-0.39, 0.29) is 5.97 Å². The number of hydrogen-bond acceptors (Lipinski definition) is 4. The number of ether oxygens (including phenoxy) is 1. The minimum Gasteiger partial charge on any atom is -0.456 e. The summed E-state index contributed by atoms with van der Waals surface area (Å²) in [5, 5.41) is 1.78. The van der Waals surface area contributed by atoms with Gasteiger partial charge in [0.25, 0.3) is 0 Å². The molecule has 2 aromatic carbocycles. The number of para-hydroxylation sites is 1. The van der Waals surface area contributed by atoms with Crippen LogP contribution in [0.1, 0.15) is 36.7 Å². The number of benzene rings is 2.